The molecule has 4 heteroatoms. The van der Waals surface area contributed by atoms with Crippen LogP contribution in [0, 0.1) is 11.8 Å². The number of carbonyl (C=O) groups is 1. The van der Waals surface area contributed by atoms with Gasteiger partial charge in [-0.2, -0.15) is 0 Å². The molecule has 1 saturated carbocycles. The lowest BCUT2D eigenvalue weighted by atomic mass is 9.77. The Bertz CT molecular complexity index is 530. The van der Waals surface area contributed by atoms with Crippen molar-refractivity contribution >= 4 is 11.6 Å². The van der Waals surface area contributed by atoms with Crippen LogP contribution < -0.4 is 5.32 Å². The third-order valence-electron chi connectivity index (χ3n) is 3.82. The van der Waals surface area contributed by atoms with Gasteiger partial charge >= 0.3 is 0 Å². The van der Waals surface area contributed by atoms with Crippen molar-refractivity contribution in [2.45, 2.75) is 37.7 Å². The topological polar surface area (TPSA) is 58.6 Å². The van der Waals surface area contributed by atoms with E-state index < -0.39 is 0 Å². The molecule has 1 aromatic rings. The fourth-order valence-electron chi connectivity index (χ4n) is 2.38. The summed E-state index contributed by atoms with van der Waals surface area (Å²) < 4.78 is 5.46. The number of nitrogens with one attached hydrogen (secondary N) is 1. The molecule has 21 heavy (non-hydrogen) atoms. The van der Waals surface area contributed by atoms with Crippen molar-refractivity contribution < 1.29 is 14.6 Å². The molecule has 1 aliphatic carbocycles. The molecule has 0 atom stereocenters. The average molecular weight is 287 g/mol. The Balaban J connectivity index is 1.88. The van der Waals surface area contributed by atoms with E-state index in [1.807, 2.05) is 24.3 Å². The van der Waals surface area contributed by atoms with Crippen LogP contribution in [0.2, 0.25) is 0 Å². The molecule has 0 heterocycles. The smallest absolute Gasteiger partial charge is 0.227 e. The maximum Gasteiger partial charge on any atom is 0.227 e. The van der Waals surface area contributed by atoms with Crippen molar-refractivity contribution in [1.82, 2.24) is 0 Å². The minimum absolute atomic E-state index is 0.0179. The number of amides is 1. The minimum atomic E-state index is -0.250. The second kappa shape index (κ2) is 7.26. The number of aliphatic hydroxyl groups excluding tert-OH is 1. The number of aliphatic hydroxyl groups is 1. The summed E-state index contributed by atoms with van der Waals surface area (Å²) in [5.41, 5.74) is 1.38. The van der Waals surface area contributed by atoms with Crippen LogP contribution in [0.1, 0.15) is 37.7 Å². The molecule has 0 spiro atoms. The first-order chi connectivity index (χ1) is 10.2. The molecule has 1 aliphatic rings. The number of anilines is 1. The highest BCUT2D eigenvalue weighted by Gasteiger charge is 2.38. The summed E-state index contributed by atoms with van der Waals surface area (Å²) in [4.78, 5) is 12.0. The van der Waals surface area contributed by atoms with Crippen molar-refractivity contribution in [3.05, 3.63) is 29.8 Å². The molecule has 2 rings (SSSR count). The van der Waals surface area contributed by atoms with E-state index in [4.69, 9.17) is 9.84 Å². The minimum Gasteiger partial charge on any atom is -0.395 e. The van der Waals surface area contributed by atoms with Crippen molar-refractivity contribution in [2.75, 3.05) is 19.0 Å². The lowest BCUT2D eigenvalue weighted by molar-refractivity contribution is -0.129. The van der Waals surface area contributed by atoms with Crippen LogP contribution in [0.5, 0.6) is 0 Å². The molecule has 1 aromatic carbocycles. The summed E-state index contributed by atoms with van der Waals surface area (Å²) >= 11 is 0. The van der Waals surface area contributed by atoms with E-state index in [1.54, 1.807) is 7.11 Å². The van der Waals surface area contributed by atoms with Gasteiger partial charge in [-0.05, 0) is 43.5 Å². The van der Waals surface area contributed by atoms with E-state index in [1.165, 1.54) is 0 Å². The SMILES string of the molecule is COC1(CC(=O)Nc2ccc(C#CCCO)cc2)CCC1. The largest absolute Gasteiger partial charge is 0.395 e. The fraction of sp³-hybridized carbons (Fsp3) is 0.471. The maximum absolute atomic E-state index is 12.0. The molecule has 0 bridgehead atoms. The zero-order valence-corrected chi connectivity index (χ0v) is 12.3. The Morgan fingerprint density at radius 2 is 2.10 bits per heavy atom. The summed E-state index contributed by atoms with van der Waals surface area (Å²) in [6.07, 6.45) is 3.91. The number of hydrogen-bond acceptors (Lipinski definition) is 3. The van der Waals surface area contributed by atoms with Crippen LogP contribution in [0.3, 0.4) is 0 Å². The predicted molar refractivity (Wildman–Crippen MR) is 81.9 cm³/mol. The van der Waals surface area contributed by atoms with Gasteiger partial charge in [0.05, 0.1) is 18.6 Å². The molecule has 4 nitrogen and oxygen atoms in total. The Hall–Kier alpha value is -1.83. The summed E-state index contributed by atoms with van der Waals surface area (Å²) in [5, 5.41) is 11.6. The Morgan fingerprint density at radius 1 is 1.38 bits per heavy atom. The van der Waals surface area contributed by atoms with E-state index in [0.29, 0.717) is 12.8 Å². The molecule has 2 N–H and O–H groups in total. The second-order valence-electron chi connectivity index (χ2n) is 5.32. The standard InChI is InChI=1S/C17H21NO3/c1-21-17(10-4-11-17)13-16(20)18-15-8-6-14(7-9-15)5-2-3-12-19/h6-9,19H,3-4,10-13H2,1H3,(H,18,20). The predicted octanol–water partition coefficient (Wildman–Crippen LogP) is 2.32. The molecule has 0 radical (unpaired) electrons. The van der Waals surface area contributed by atoms with Crippen LogP contribution in [0.15, 0.2) is 24.3 Å². The highest BCUT2D eigenvalue weighted by Crippen LogP contribution is 2.38. The van der Waals surface area contributed by atoms with Crippen LogP contribution in [-0.2, 0) is 9.53 Å². The summed E-state index contributed by atoms with van der Waals surface area (Å²) in [6, 6.07) is 7.38. The first-order valence-corrected chi connectivity index (χ1v) is 7.22. The molecule has 0 aromatic heterocycles. The lowest BCUT2D eigenvalue weighted by Gasteiger charge is -2.39. The molecule has 0 aliphatic heterocycles. The van der Waals surface area contributed by atoms with Gasteiger partial charge in [-0.25, -0.2) is 0 Å². The molecule has 112 valence electrons. The molecular formula is C17H21NO3. The summed E-state index contributed by atoms with van der Waals surface area (Å²) in [6.45, 7) is 0.0718. The summed E-state index contributed by atoms with van der Waals surface area (Å²) in [7, 11) is 1.67. The van der Waals surface area contributed by atoms with E-state index in [-0.39, 0.29) is 18.1 Å². The summed E-state index contributed by atoms with van der Waals surface area (Å²) in [5.74, 6) is 5.79. The van der Waals surface area contributed by atoms with Crippen LogP contribution in [-0.4, -0.2) is 30.3 Å². The van der Waals surface area contributed by atoms with Gasteiger partial charge in [0, 0.05) is 24.8 Å². The number of benzene rings is 1. The lowest BCUT2D eigenvalue weighted by Crippen LogP contribution is -2.42. The first-order valence-electron chi connectivity index (χ1n) is 7.22. The molecule has 1 fully saturated rings. The molecular weight excluding hydrogens is 266 g/mol. The molecule has 0 unspecified atom stereocenters. The normalized spacial score (nSPS) is 15.5. The van der Waals surface area contributed by atoms with Gasteiger partial charge in [-0.1, -0.05) is 11.8 Å². The highest BCUT2D eigenvalue weighted by molar-refractivity contribution is 5.91. The van der Waals surface area contributed by atoms with Gasteiger partial charge in [0.2, 0.25) is 5.91 Å². The van der Waals surface area contributed by atoms with Crippen molar-refractivity contribution in [1.29, 1.82) is 0 Å². The van der Waals surface area contributed by atoms with Gasteiger partial charge in [-0.3, -0.25) is 4.79 Å². The van der Waals surface area contributed by atoms with Gasteiger partial charge in [0.1, 0.15) is 0 Å². The zero-order chi connectivity index (χ0) is 15.1. The number of hydrogen-bond donors (Lipinski definition) is 2. The van der Waals surface area contributed by atoms with Gasteiger partial charge < -0.3 is 15.2 Å². The van der Waals surface area contributed by atoms with Gasteiger partial charge in [0.15, 0.2) is 0 Å². The monoisotopic (exact) mass is 287 g/mol. The third kappa shape index (κ3) is 4.32. The van der Waals surface area contributed by atoms with E-state index in [9.17, 15) is 4.79 Å². The second-order valence-corrected chi connectivity index (χ2v) is 5.32. The van der Waals surface area contributed by atoms with Crippen LogP contribution >= 0.6 is 0 Å². The van der Waals surface area contributed by atoms with Crippen molar-refractivity contribution in [3.63, 3.8) is 0 Å². The first kappa shape index (κ1) is 15.6. The van der Waals surface area contributed by atoms with E-state index in [0.717, 1.165) is 30.5 Å². The Kier molecular flexibility index (Phi) is 5.38. The molecule has 0 saturated heterocycles. The van der Waals surface area contributed by atoms with Gasteiger partial charge in [-0.15, -0.1) is 0 Å². The number of ether oxygens (including phenoxy) is 1. The van der Waals surface area contributed by atoms with E-state index >= 15 is 0 Å². The quantitative estimate of drug-likeness (QED) is 0.817. The average Bonchev–Trinajstić information content (AvgIpc) is 2.45. The van der Waals surface area contributed by atoms with Crippen LogP contribution in [0.25, 0.3) is 0 Å². The fourth-order valence-corrected chi connectivity index (χ4v) is 2.38. The Labute approximate surface area is 125 Å². The highest BCUT2D eigenvalue weighted by atomic mass is 16.5. The van der Waals surface area contributed by atoms with Gasteiger partial charge in [0.25, 0.3) is 0 Å². The van der Waals surface area contributed by atoms with Crippen molar-refractivity contribution in [3.8, 4) is 11.8 Å². The number of carbonyl (C=O) groups excluding carboxylic acids is 1. The Morgan fingerprint density at radius 3 is 2.62 bits per heavy atom. The van der Waals surface area contributed by atoms with E-state index in [2.05, 4.69) is 17.2 Å². The molecule has 1 amide bonds. The van der Waals surface area contributed by atoms with Crippen LogP contribution in [0.4, 0.5) is 5.69 Å². The third-order valence-corrected chi connectivity index (χ3v) is 3.82. The number of rotatable bonds is 5. The zero-order valence-electron chi connectivity index (χ0n) is 12.3. The van der Waals surface area contributed by atoms with Crippen molar-refractivity contribution in [2.24, 2.45) is 0 Å². The number of methoxy groups -OCH3 is 1. The maximum atomic E-state index is 12.0.